The summed E-state index contributed by atoms with van der Waals surface area (Å²) < 4.78 is 6.45. The summed E-state index contributed by atoms with van der Waals surface area (Å²) in [6, 6.07) is 0.413. The number of nitrogens with zero attached hydrogens (tertiary/aromatic N) is 3. The van der Waals surface area contributed by atoms with Crippen molar-refractivity contribution in [1.82, 2.24) is 9.88 Å². The monoisotopic (exact) mass is 439 g/mol. The van der Waals surface area contributed by atoms with Gasteiger partial charge in [-0.05, 0) is 75.8 Å². The zero-order valence-corrected chi connectivity index (χ0v) is 20.0. The van der Waals surface area contributed by atoms with Gasteiger partial charge in [-0.25, -0.2) is 4.98 Å². The zero-order chi connectivity index (χ0) is 22.4. The summed E-state index contributed by atoms with van der Waals surface area (Å²) in [6.07, 6.45) is 7.73. The lowest BCUT2D eigenvalue weighted by Crippen LogP contribution is -2.43. The van der Waals surface area contributed by atoms with Crippen LogP contribution in [-0.2, 0) is 4.74 Å². The lowest BCUT2D eigenvalue weighted by Gasteiger charge is -2.38. The van der Waals surface area contributed by atoms with Crippen molar-refractivity contribution < 1.29 is 14.6 Å². The number of hydrogen-bond acceptors (Lipinski definition) is 5. The van der Waals surface area contributed by atoms with Crippen molar-refractivity contribution in [2.24, 2.45) is 11.3 Å². The molecule has 1 amide bonds. The van der Waals surface area contributed by atoms with E-state index in [4.69, 9.17) is 9.72 Å². The van der Waals surface area contributed by atoms with Crippen LogP contribution in [-0.4, -0.2) is 58.3 Å². The van der Waals surface area contributed by atoms with Crippen LogP contribution in [0.5, 0.6) is 0 Å². The molecule has 4 fully saturated rings. The van der Waals surface area contributed by atoms with Crippen molar-refractivity contribution in [2.45, 2.75) is 96.4 Å². The molecule has 6 rings (SSSR count). The van der Waals surface area contributed by atoms with Gasteiger partial charge in [0, 0.05) is 31.5 Å². The normalized spacial score (nSPS) is 36.6. The maximum atomic E-state index is 13.2. The predicted molar refractivity (Wildman–Crippen MR) is 123 cm³/mol. The first-order valence-electron chi connectivity index (χ1n) is 12.7. The molecule has 1 aromatic heterocycles. The first-order chi connectivity index (χ1) is 15.2. The van der Waals surface area contributed by atoms with Crippen LogP contribution in [0.15, 0.2) is 0 Å². The van der Waals surface area contributed by atoms with E-state index >= 15 is 0 Å². The van der Waals surface area contributed by atoms with Gasteiger partial charge in [-0.3, -0.25) is 4.79 Å². The molecule has 5 unspecified atom stereocenters. The second-order valence-electron chi connectivity index (χ2n) is 11.6. The van der Waals surface area contributed by atoms with Gasteiger partial charge in [-0.15, -0.1) is 0 Å². The Bertz CT molecular complexity index is 970. The molecule has 3 aliphatic heterocycles. The number of fused-ring (bicyclic) bond motifs is 4. The van der Waals surface area contributed by atoms with Crippen molar-refractivity contribution in [1.29, 1.82) is 0 Å². The number of amides is 1. The molecule has 2 aliphatic carbocycles. The third kappa shape index (κ3) is 3.12. The highest BCUT2D eigenvalue weighted by molar-refractivity contribution is 6.01. The predicted octanol–water partition coefficient (Wildman–Crippen LogP) is 3.91. The number of carbonyl (C=O) groups excluding carboxylic acids is 1. The Labute approximate surface area is 191 Å². The first kappa shape index (κ1) is 20.9. The molecular weight excluding hydrogens is 402 g/mol. The van der Waals surface area contributed by atoms with Gasteiger partial charge in [0.2, 0.25) is 0 Å². The Balaban J connectivity index is 1.25. The van der Waals surface area contributed by atoms with Gasteiger partial charge in [0.15, 0.2) is 0 Å². The number of aliphatic hydroxyl groups is 1. The van der Waals surface area contributed by atoms with Gasteiger partial charge in [0.05, 0.1) is 35.6 Å². The van der Waals surface area contributed by atoms with Gasteiger partial charge >= 0.3 is 0 Å². The minimum atomic E-state index is -0.738. The quantitative estimate of drug-likeness (QED) is 0.753. The Hall–Kier alpha value is -1.66. The van der Waals surface area contributed by atoms with Crippen LogP contribution < -0.4 is 4.90 Å². The Morgan fingerprint density at radius 1 is 1.16 bits per heavy atom. The summed E-state index contributed by atoms with van der Waals surface area (Å²) in [7, 11) is 0. The minimum absolute atomic E-state index is 0.0982. The number of piperidine rings is 2. The molecular formula is C26H37N3O3. The van der Waals surface area contributed by atoms with Crippen molar-refractivity contribution in [3.05, 3.63) is 22.4 Å². The van der Waals surface area contributed by atoms with E-state index in [1.165, 1.54) is 25.7 Å². The summed E-state index contributed by atoms with van der Waals surface area (Å²) >= 11 is 0. The van der Waals surface area contributed by atoms with Crippen molar-refractivity contribution in [3.8, 4) is 0 Å². The molecule has 32 heavy (non-hydrogen) atoms. The molecule has 0 spiro atoms. The average molecular weight is 440 g/mol. The number of anilines is 1. The van der Waals surface area contributed by atoms with Gasteiger partial charge in [0.1, 0.15) is 5.82 Å². The largest absolute Gasteiger partial charge is 0.390 e. The van der Waals surface area contributed by atoms with Crippen molar-refractivity contribution in [2.75, 3.05) is 24.6 Å². The van der Waals surface area contributed by atoms with E-state index in [2.05, 4.69) is 25.7 Å². The van der Waals surface area contributed by atoms with Gasteiger partial charge in [-0.2, -0.15) is 0 Å². The molecule has 1 aromatic rings. The van der Waals surface area contributed by atoms with Crippen LogP contribution in [0.4, 0.5) is 5.82 Å². The van der Waals surface area contributed by atoms with Crippen LogP contribution in [0, 0.1) is 25.2 Å². The highest BCUT2D eigenvalue weighted by atomic mass is 16.5. The lowest BCUT2D eigenvalue weighted by atomic mass is 9.87. The summed E-state index contributed by atoms with van der Waals surface area (Å²) in [6.45, 7) is 10.9. The van der Waals surface area contributed by atoms with E-state index in [0.717, 1.165) is 47.8 Å². The molecule has 6 heteroatoms. The number of aromatic nitrogens is 1. The number of carbonyl (C=O) groups is 1. The number of ether oxygens (including phenoxy) is 1. The van der Waals surface area contributed by atoms with E-state index in [9.17, 15) is 9.90 Å². The van der Waals surface area contributed by atoms with Gasteiger partial charge in [0.25, 0.3) is 5.91 Å². The van der Waals surface area contributed by atoms with Crippen LogP contribution >= 0.6 is 0 Å². The molecule has 2 saturated heterocycles. The maximum Gasteiger partial charge on any atom is 0.256 e. The van der Waals surface area contributed by atoms with Gasteiger partial charge in [-0.1, -0.05) is 6.92 Å². The Kier molecular flexibility index (Phi) is 4.52. The van der Waals surface area contributed by atoms with E-state index in [0.29, 0.717) is 42.9 Å². The van der Waals surface area contributed by atoms with Crippen molar-refractivity contribution in [3.63, 3.8) is 0 Å². The van der Waals surface area contributed by atoms with E-state index < -0.39 is 5.60 Å². The second-order valence-corrected chi connectivity index (χ2v) is 11.6. The lowest BCUT2D eigenvalue weighted by molar-refractivity contribution is -0.0230. The van der Waals surface area contributed by atoms with Crippen LogP contribution in [0.3, 0.4) is 0 Å². The van der Waals surface area contributed by atoms with Crippen molar-refractivity contribution >= 4 is 11.7 Å². The molecule has 1 N–H and O–H groups in total. The smallest absolute Gasteiger partial charge is 0.256 e. The standard InChI is InChI=1S/C26H37N3O3/c1-5-26(7-8-26)14-32-20-6-10-28(18-12-17(18)20)23-16(3)15(2)21-22(27-23)19-13-25(4,31)9-11-29(19)24(21)30/h17-20,31H,5-14H2,1-4H3. The molecule has 0 radical (unpaired) electrons. The third-order valence-corrected chi connectivity index (χ3v) is 9.37. The first-order valence-corrected chi connectivity index (χ1v) is 12.7. The number of pyridine rings is 1. The molecule has 4 heterocycles. The molecule has 174 valence electrons. The summed E-state index contributed by atoms with van der Waals surface area (Å²) in [5.74, 6) is 1.76. The van der Waals surface area contributed by atoms with Crippen LogP contribution in [0.1, 0.15) is 92.0 Å². The van der Waals surface area contributed by atoms with Crippen LogP contribution in [0.25, 0.3) is 0 Å². The average Bonchev–Trinajstić information content (AvgIpc) is 3.67. The molecule has 6 nitrogen and oxygen atoms in total. The topological polar surface area (TPSA) is 65.9 Å². The van der Waals surface area contributed by atoms with E-state index in [1.54, 1.807) is 0 Å². The van der Waals surface area contributed by atoms with E-state index in [-0.39, 0.29) is 11.9 Å². The Morgan fingerprint density at radius 3 is 2.66 bits per heavy atom. The summed E-state index contributed by atoms with van der Waals surface area (Å²) in [5, 5.41) is 10.7. The highest BCUT2D eigenvalue weighted by Gasteiger charge is 2.53. The van der Waals surface area contributed by atoms with Gasteiger partial charge < -0.3 is 19.6 Å². The minimum Gasteiger partial charge on any atom is -0.390 e. The zero-order valence-electron chi connectivity index (χ0n) is 20.0. The Morgan fingerprint density at radius 2 is 1.94 bits per heavy atom. The number of rotatable bonds is 5. The molecule has 0 bridgehead atoms. The fourth-order valence-corrected chi connectivity index (χ4v) is 6.50. The molecule has 5 atom stereocenters. The molecule has 0 aromatic carbocycles. The maximum absolute atomic E-state index is 13.2. The fraction of sp³-hybridized carbons (Fsp3) is 0.769. The molecule has 5 aliphatic rings. The summed E-state index contributed by atoms with van der Waals surface area (Å²) in [4.78, 5) is 22.8. The number of hydrogen-bond donors (Lipinski definition) is 1. The summed E-state index contributed by atoms with van der Waals surface area (Å²) in [5.41, 5.74) is 3.63. The second kappa shape index (κ2) is 6.92. The third-order valence-electron chi connectivity index (χ3n) is 9.37. The highest BCUT2D eigenvalue weighted by Crippen LogP contribution is 2.52. The SMILES string of the molecule is CCC1(COC2CCN(c3nc4c(c(C)c3C)C(=O)N3CCC(C)(O)CC43)C3CC23)CC1. The van der Waals surface area contributed by atoms with E-state index in [1.807, 2.05) is 11.8 Å². The molecule has 2 saturated carbocycles. The van der Waals surface area contributed by atoms with Crippen LogP contribution in [0.2, 0.25) is 0 Å². The fourth-order valence-electron chi connectivity index (χ4n) is 6.50.